The second-order valence-electron chi connectivity index (χ2n) is 6.31. The molecule has 1 atom stereocenters. The molecule has 4 heteroatoms. The molecule has 1 aromatic carbocycles. The Morgan fingerprint density at radius 1 is 1.22 bits per heavy atom. The summed E-state index contributed by atoms with van der Waals surface area (Å²) in [5.41, 5.74) is 4.49. The number of fused-ring (bicyclic) bond motifs is 1. The Bertz CT molecular complexity index is 795. The number of aromatic nitrogens is 2. The van der Waals surface area contributed by atoms with Crippen molar-refractivity contribution >= 4 is 11.0 Å². The highest BCUT2D eigenvalue weighted by Gasteiger charge is 2.16. The molecule has 0 N–H and O–H groups in total. The van der Waals surface area contributed by atoms with Gasteiger partial charge in [0, 0.05) is 36.4 Å². The fourth-order valence-corrected chi connectivity index (χ4v) is 2.81. The zero-order chi connectivity index (χ0) is 16.4. The minimum Gasteiger partial charge on any atom is -0.459 e. The van der Waals surface area contributed by atoms with Crippen molar-refractivity contribution < 1.29 is 4.42 Å². The van der Waals surface area contributed by atoms with Crippen LogP contribution >= 0.6 is 0 Å². The van der Waals surface area contributed by atoms with Crippen LogP contribution in [0.25, 0.3) is 11.0 Å². The number of likely N-dealkylation sites (N-methyl/N-ethyl adjacent to an activating group) is 1. The van der Waals surface area contributed by atoms with E-state index >= 15 is 0 Å². The van der Waals surface area contributed by atoms with Crippen LogP contribution in [-0.4, -0.2) is 28.0 Å². The van der Waals surface area contributed by atoms with Gasteiger partial charge in [0.25, 0.3) is 0 Å². The quantitative estimate of drug-likeness (QED) is 0.717. The van der Waals surface area contributed by atoms with Gasteiger partial charge < -0.3 is 4.42 Å². The molecular formula is C19H23N3O. The molecule has 0 spiro atoms. The largest absolute Gasteiger partial charge is 0.459 e. The fourth-order valence-electron chi connectivity index (χ4n) is 2.81. The van der Waals surface area contributed by atoms with Crippen molar-refractivity contribution in [2.75, 3.05) is 7.05 Å². The van der Waals surface area contributed by atoms with E-state index in [1.165, 1.54) is 16.5 Å². The van der Waals surface area contributed by atoms with Crippen LogP contribution in [0.4, 0.5) is 0 Å². The maximum atomic E-state index is 6.06. The van der Waals surface area contributed by atoms with Gasteiger partial charge in [-0.15, -0.1) is 0 Å². The summed E-state index contributed by atoms with van der Waals surface area (Å²) < 4.78 is 6.06. The lowest BCUT2D eigenvalue weighted by molar-refractivity contribution is 0.229. The van der Waals surface area contributed by atoms with E-state index in [4.69, 9.17) is 4.42 Å². The summed E-state index contributed by atoms with van der Waals surface area (Å²) >= 11 is 0. The van der Waals surface area contributed by atoms with Gasteiger partial charge in [-0.1, -0.05) is 11.6 Å². The van der Waals surface area contributed by atoms with Crippen LogP contribution in [0, 0.1) is 13.8 Å². The number of hydrogen-bond donors (Lipinski definition) is 0. The molecule has 3 aromatic rings. The van der Waals surface area contributed by atoms with Crippen LogP contribution in [-0.2, 0) is 13.0 Å². The first-order valence-corrected chi connectivity index (χ1v) is 7.98. The van der Waals surface area contributed by atoms with Crippen LogP contribution in [0.2, 0.25) is 0 Å². The summed E-state index contributed by atoms with van der Waals surface area (Å²) in [7, 11) is 2.12. The lowest BCUT2D eigenvalue weighted by Gasteiger charge is -2.23. The Kier molecular flexibility index (Phi) is 4.44. The summed E-state index contributed by atoms with van der Waals surface area (Å²) in [5, 5.41) is 1.22. The first-order valence-electron chi connectivity index (χ1n) is 7.98. The molecule has 0 radical (unpaired) electrons. The van der Waals surface area contributed by atoms with Gasteiger partial charge >= 0.3 is 0 Å². The molecule has 0 aliphatic heterocycles. The Labute approximate surface area is 137 Å². The van der Waals surface area contributed by atoms with Crippen LogP contribution in [0.5, 0.6) is 0 Å². The van der Waals surface area contributed by atoms with Crippen molar-refractivity contribution in [3.63, 3.8) is 0 Å². The number of benzene rings is 1. The van der Waals surface area contributed by atoms with Gasteiger partial charge in [-0.25, -0.2) is 0 Å². The average Bonchev–Trinajstić information content (AvgIpc) is 2.84. The smallest absolute Gasteiger partial charge is 0.134 e. The van der Waals surface area contributed by atoms with Crippen LogP contribution in [0.3, 0.4) is 0 Å². The summed E-state index contributed by atoms with van der Waals surface area (Å²) in [6.45, 7) is 7.25. The molecule has 4 nitrogen and oxygen atoms in total. The Morgan fingerprint density at radius 2 is 2.04 bits per heavy atom. The van der Waals surface area contributed by atoms with Crippen molar-refractivity contribution in [3.05, 3.63) is 59.4 Å². The summed E-state index contributed by atoms with van der Waals surface area (Å²) in [6, 6.07) is 6.71. The fraction of sp³-hybridized carbons (Fsp3) is 0.368. The van der Waals surface area contributed by atoms with Crippen molar-refractivity contribution in [1.82, 2.24) is 14.9 Å². The van der Waals surface area contributed by atoms with Crippen LogP contribution in [0.15, 0.2) is 41.2 Å². The van der Waals surface area contributed by atoms with Crippen molar-refractivity contribution in [2.45, 2.75) is 39.8 Å². The normalized spacial score (nSPS) is 12.9. The summed E-state index contributed by atoms with van der Waals surface area (Å²) in [4.78, 5) is 10.8. The van der Waals surface area contributed by atoms with E-state index in [-0.39, 0.29) is 0 Å². The SMILES string of the molecule is Cc1ccc2oc(CN(C)[C@H](C)Cc3cnccn3)c(C)c2c1. The van der Waals surface area contributed by atoms with Gasteiger partial charge in [0.15, 0.2) is 0 Å². The number of nitrogens with zero attached hydrogens (tertiary/aromatic N) is 3. The van der Waals surface area contributed by atoms with Crippen LogP contribution in [0.1, 0.15) is 29.5 Å². The monoisotopic (exact) mass is 309 g/mol. The van der Waals surface area contributed by atoms with Crippen molar-refractivity contribution in [1.29, 1.82) is 0 Å². The topological polar surface area (TPSA) is 42.2 Å². The van der Waals surface area contributed by atoms with Crippen LogP contribution < -0.4 is 0 Å². The molecule has 0 unspecified atom stereocenters. The number of rotatable bonds is 5. The minimum absolute atomic E-state index is 0.362. The van der Waals surface area contributed by atoms with Gasteiger partial charge in [0.1, 0.15) is 11.3 Å². The first kappa shape index (κ1) is 15.7. The molecule has 0 fully saturated rings. The van der Waals surface area contributed by atoms with E-state index in [2.05, 4.69) is 60.9 Å². The zero-order valence-corrected chi connectivity index (χ0v) is 14.2. The maximum Gasteiger partial charge on any atom is 0.134 e. The Hall–Kier alpha value is -2.20. The predicted molar refractivity (Wildman–Crippen MR) is 92.4 cm³/mol. The second kappa shape index (κ2) is 6.50. The zero-order valence-electron chi connectivity index (χ0n) is 14.2. The van der Waals surface area contributed by atoms with E-state index in [1.54, 1.807) is 12.4 Å². The van der Waals surface area contributed by atoms with E-state index in [9.17, 15) is 0 Å². The molecule has 3 rings (SSSR count). The molecule has 0 bridgehead atoms. The summed E-state index contributed by atoms with van der Waals surface area (Å²) in [6.07, 6.45) is 6.16. The molecule has 0 aliphatic carbocycles. The van der Waals surface area contributed by atoms with Gasteiger partial charge in [-0.2, -0.15) is 0 Å². The summed E-state index contributed by atoms with van der Waals surface area (Å²) in [5.74, 6) is 1.04. The molecule has 0 saturated carbocycles. The van der Waals surface area contributed by atoms with Crippen molar-refractivity contribution in [2.24, 2.45) is 0 Å². The Balaban J connectivity index is 1.74. The molecule has 2 aromatic heterocycles. The lowest BCUT2D eigenvalue weighted by Crippen LogP contribution is -2.30. The molecule has 0 saturated heterocycles. The third-order valence-electron chi connectivity index (χ3n) is 4.46. The van der Waals surface area contributed by atoms with E-state index in [0.717, 1.165) is 30.0 Å². The number of aryl methyl sites for hydroxylation is 2. The second-order valence-corrected chi connectivity index (χ2v) is 6.31. The third kappa shape index (κ3) is 3.42. The molecular weight excluding hydrogens is 286 g/mol. The third-order valence-corrected chi connectivity index (χ3v) is 4.46. The van der Waals surface area contributed by atoms with E-state index < -0.39 is 0 Å². The standard InChI is InChI=1S/C19H23N3O/c1-13-5-6-18-17(9-13)15(3)19(23-18)12-22(4)14(2)10-16-11-20-7-8-21-16/h5-9,11,14H,10,12H2,1-4H3/t14-/m1/s1. The van der Waals surface area contributed by atoms with Gasteiger partial charge in [-0.3, -0.25) is 14.9 Å². The molecule has 120 valence electrons. The first-order chi connectivity index (χ1) is 11.0. The molecule has 23 heavy (non-hydrogen) atoms. The van der Waals surface area contributed by atoms with Gasteiger partial charge in [0.2, 0.25) is 0 Å². The number of furan rings is 1. The van der Waals surface area contributed by atoms with E-state index in [1.807, 2.05) is 6.20 Å². The van der Waals surface area contributed by atoms with Gasteiger partial charge in [-0.05, 0) is 45.5 Å². The average molecular weight is 309 g/mol. The Morgan fingerprint density at radius 3 is 2.78 bits per heavy atom. The highest BCUT2D eigenvalue weighted by atomic mass is 16.3. The van der Waals surface area contributed by atoms with Crippen molar-refractivity contribution in [3.8, 4) is 0 Å². The highest BCUT2D eigenvalue weighted by Crippen LogP contribution is 2.27. The highest BCUT2D eigenvalue weighted by molar-refractivity contribution is 5.82. The molecule has 0 amide bonds. The lowest BCUT2D eigenvalue weighted by atomic mass is 10.1. The predicted octanol–water partition coefficient (Wildman–Crippen LogP) is 3.90. The number of hydrogen-bond acceptors (Lipinski definition) is 4. The molecule has 2 heterocycles. The van der Waals surface area contributed by atoms with Gasteiger partial charge in [0.05, 0.1) is 12.2 Å². The van der Waals surface area contributed by atoms with E-state index in [0.29, 0.717) is 6.04 Å². The molecule has 0 aliphatic rings. The minimum atomic E-state index is 0.362. The maximum absolute atomic E-state index is 6.06.